The maximum Gasteiger partial charge on any atom is 0.320 e. The van der Waals surface area contributed by atoms with E-state index in [1.54, 1.807) is 31.4 Å². The van der Waals surface area contributed by atoms with Crippen LogP contribution in [0, 0.1) is 0 Å². The number of urea groups is 1. The number of fused-ring (bicyclic) bond motifs is 1. The van der Waals surface area contributed by atoms with Crippen molar-refractivity contribution in [1.82, 2.24) is 14.8 Å². The van der Waals surface area contributed by atoms with Crippen LogP contribution in [0.5, 0.6) is 0 Å². The Labute approximate surface area is 125 Å². The number of hydrogen-bond acceptors (Lipinski definition) is 2. The summed E-state index contributed by atoms with van der Waals surface area (Å²) < 4.78 is 0. The molecule has 4 heteroatoms. The van der Waals surface area contributed by atoms with E-state index in [1.807, 2.05) is 23.1 Å². The van der Waals surface area contributed by atoms with Gasteiger partial charge in [0.2, 0.25) is 0 Å². The topological polar surface area (TPSA) is 36.4 Å². The van der Waals surface area contributed by atoms with Crippen LogP contribution in [0.2, 0.25) is 0 Å². The summed E-state index contributed by atoms with van der Waals surface area (Å²) in [6.45, 7) is 0.737. The van der Waals surface area contributed by atoms with Gasteiger partial charge in [-0.1, -0.05) is 24.3 Å². The fraction of sp³-hybridized carbons (Fsp3) is 0.294. The predicted molar refractivity (Wildman–Crippen MR) is 82.0 cm³/mol. The number of nitrogens with zero attached hydrogens (tertiary/aromatic N) is 3. The highest BCUT2D eigenvalue weighted by Gasteiger charge is 2.32. The van der Waals surface area contributed by atoms with Crippen molar-refractivity contribution in [3.8, 4) is 0 Å². The second-order valence-corrected chi connectivity index (χ2v) is 5.50. The predicted octanol–water partition coefficient (Wildman–Crippen LogP) is 2.71. The molecule has 1 atom stereocenters. The van der Waals surface area contributed by atoms with Crippen LogP contribution in [0.1, 0.15) is 22.7 Å². The molecule has 1 unspecified atom stereocenters. The van der Waals surface area contributed by atoms with Crippen molar-refractivity contribution < 1.29 is 4.79 Å². The van der Waals surface area contributed by atoms with Gasteiger partial charge in [0, 0.05) is 33.0 Å². The molecule has 0 radical (unpaired) electrons. The van der Waals surface area contributed by atoms with Gasteiger partial charge in [0.25, 0.3) is 0 Å². The van der Waals surface area contributed by atoms with Crippen LogP contribution in [-0.4, -0.2) is 41.5 Å². The fourth-order valence-electron chi connectivity index (χ4n) is 2.93. The van der Waals surface area contributed by atoms with E-state index in [9.17, 15) is 4.79 Å². The van der Waals surface area contributed by atoms with Gasteiger partial charge < -0.3 is 9.80 Å². The molecule has 0 N–H and O–H groups in total. The fourth-order valence-corrected chi connectivity index (χ4v) is 2.93. The Morgan fingerprint density at radius 2 is 1.90 bits per heavy atom. The van der Waals surface area contributed by atoms with Crippen molar-refractivity contribution in [3.05, 3.63) is 65.5 Å². The molecule has 108 valence electrons. The molecule has 0 aliphatic carbocycles. The summed E-state index contributed by atoms with van der Waals surface area (Å²) in [6, 6.07) is 12.4. The summed E-state index contributed by atoms with van der Waals surface area (Å²) in [5, 5.41) is 0. The lowest BCUT2D eigenvalue weighted by Crippen LogP contribution is -2.45. The highest BCUT2D eigenvalue weighted by atomic mass is 16.2. The number of amides is 2. The Morgan fingerprint density at radius 1 is 1.19 bits per heavy atom. The number of pyridine rings is 1. The molecule has 0 fully saturated rings. The van der Waals surface area contributed by atoms with E-state index >= 15 is 0 Å². The lowest BCUT2D eigenvalue weighted by Gasteiger charge is -2.39. The Balaban J connectivity index is 2.09. The molecule has 0 spiro atoms. The minimum atomic E-state index is -0.0344. The zero-order valence-electron chi connectivity index (χ0n) is 12.4. The zero-order chi connectivity index (χ0) is 14.8. The van der Waals surface area contributed by atoms with Crippen molar-refractivity contribution in [2.24, 2.45) is 0 Å². The van der Waals surface area contributed by atoms with E-state index in [0.717, 1.165) is 18.5 Å². The molecule has 2 amide bonds. The molecule has 0 saturated heterocycles. The zero-order valence-corrected chi connectivity index (χ0v) is 12.4. The number of carbonyl (C=O) groups is 1. The Morgan fingerprint density at radius 3 is 2.62 bits per heavy atom. The Hall–Kier alpha value is -2.36. The van der Waals surface area contributed by atoms with Gasteiger partial charge in [-0.2, -0.15) is 0 Å². The van der Waals surface area contributed by atoms with Crippen LogP contribution >= 0.6 is 0 Å². The van der Waals surface area contributed by atoms with Crippen molar-refractivity contribution in [2.75, 3.05) is 20.6 Å². The third kappa shape index (κ3) is 2.49. The first-order valence-corrected chi connectivity index (χ1v) is 7.14. The lowest BCUT2D eigenvalue weighted by molar-refractivity contribution is 0.154. The van der Waals surface area contributed by atoms with E-state index in [-0.39, 0.29) is 12.1 Å². The van der Waals surface area contributed by atoms with E-state index in [2.05, 4.69) is 23.2 Å². The standard InChI is InChI=1S/C17H19N3O/c1-19(2)17(21)20-12-9-13-5-3-4-6-15(13)16(20)14-7-10-18-11-8-14/h3-8,10-11,16H,9,12H2,1-2H3. The maximum absolute atomic E-state index is 12.5. The van der Waals surface area contributed by atoms with Crippen LogP contribution in [0.25, 0.3) is 0 Å². The first-order valence-electron chi connectivity index (χ1n) is 7.14. The average molecular weight is 281 g/mol. The second-order valence-electron chi connectivity index (χ2n) is 5.50. The van der Waals surface area contributed by atoms with Gasteiger partial charge in [-0.3, -0.25) is 4.98 Å². The molecule has 4 nitrogen and oxygen atoms in total. The molecule has 2 heterocycles. The van der Waals surface area contributed by atoms with Crippen LogP contribution in [0.15, 0.2) is 48.8 Å². The second kappa shape index (κ2) is 5.56. The van der Waals surface area contributed by atoms with Crippen LogP contribution in [0.3, 0.4) is 0 Å². The number of carbonyl (C=O) groups excluding carboxylic acids is 1. The van der Waals surface area contributed by atoms with Gasteiger partial charge in [-0.25, -0.2) is 4.79 Å². The summed E-state index contributed by atoms with van der Waals surface area (Å²) in [5.41, 5.74) is 3.64. The Bertz CT molecular complexity index is 639. The molecule has 3 rings (SSSR count). The van der Waals surface area contributed by atoms with Gasteiger partial charge in [0.15, 0.2) is 0 Å². The maximum atomic E-state index is 12.5. The third-order valence-electron chi connectivity index (χ3n) is 3.93. The molecule has 21 heavy (non-hydrogen) atoms. The molecule has 1 aliphatic heterocycles. The summed E-state index contributed by atoms with van der Waals surface area (Å²) in [6.07, 6.45) is 4.47. The summed E-state index contributed by atoms with van der Waals surface area (Å²) in [5.74, 6) is 0. The lowest BCUT2D eigenvalue weighted by atomic mass is 9.89. The van der Waals surface area contributed by atoms with Crippen molar-refractivity contribution in [2.45, 2.75) is 12.5 Å². The SMILES string of the molecule is CN(C)C(=O)N1CCc2ccccc2C1c1ccncc1. The number of aromatic nitrogens is 1. The summed E-state index contributed by atoms with van der Waals surface area (Å²) in [4.78, 5) is 20.2. The molecule has 0 saturated carbocycles. The third-order valence-corrected chi connectivity index (χ3v) is 3.93. The van der Waals surface area contributed by atoms with Gasteiger partial charge in [0.1, 0.15) is 0 Å². The molecule has 2 aromatic rings. The van der Waals surface area contributed by atoms with Crippen LogP contribution < -0.4 is 0 Å². The van der Waals surface area contributed by atoms with Crippen LogP contribution in [0.4, 0.5) is 4.79 Å². The number of benzene rings is 1. The van der Waals surface area contributed by atoms with Gasteiger partial charge in [0.05, 0.1) is 6.04 Å². The normalized spacial score (nSPS) is 17.2. The highest BCUT2D eigenvalue weighted by molar-refractivity contribution is 5.75. The van der Waals surface area contributed by atoms with E-state index in [0.29, 0.717) is 0 Å². The minimum absolute atomic E-state index is 0.0344. The molecular weight excluding hydrogens is 262 g/mol. The molecule has 0 bridgehead atoms. The van der Waals surface area contributed by atoms with Crippen LogP contribution in [-0.2, 0) is 6.42 Å². The van der Waals surface area contributed by atoms with E-state index in [1.165, 1.54) is 11.1 Å². The molecule has 1 aromatic heterocycles. The number of hydrogen-bond donors (Lipinski definition) is 0. The molecule has 1 aromatic carbocycles. The average Bonchev–Trinajstić information content (AvgIpc) is 2.53. The number of rotatable bonds is 1. The highest BCUT2D eigenvalue weighted by Crippen LogP contribution is 2.35. The first kappa shape index (κ1) is 13.6. The smallest absolute Gasteiger partial charge is 0.320 e. The molecule has 1 aliphatic rings. The van der Waals surface area contributed by atoms with Crippen molar-refractivity contribution in [3.63, 3.8) is 0 Å². The largest absolute Gasteiger partial charge is 0.331 e. The first-order chi connectivity index (χ1) is 10.2. The van der Waals surface area contributed by atoms with Gasteiger partial charge >= 0.3 is 6.03 Å². The minimum Gasteiger partial charge on any atom is -0.331 e. The Kier molecular flexibility index (Phi) is 3.60. The van der Waals surface area contributed by atoms with Gasteiger partial charge in [-0.15, -0.1) is 0 Å². The van der Waals surface area contributed by atoms with E-state index in [4.69, 9.17) is 0 Å². The monoisotopic (exact) mass is 281 g/mol. The quantitative estimate of drug-likeness (QED) is 0.806. The summed E-state index contributed by atoms with van der Waals surface area (Å²) >= 11 is 0. The van der Waals surface area contributed by atoms with Gasteiger partial charge in [-0.05, 0) is 35.2 Å². The van der Waals surface area contributed by atoms with Crippen molar-refractivity contribution >= 4 is 6.03 Å². The van der Waals surface area contributed by atoms with E-state index < -0.39 is 0 Å². The summed E-state index contributed by atoms with van der Waals surface area (Å²) in [7, 11) is 3.60. The molecular formula is C17H19N3O. The van der Waals surface area contributed by atoms with Crippen molar-refractivity contribution in [1.29, 1.82) is 0 Å².